The molecule has 3 unspecified atom stereocenters. The molecule has 2 N–H and O–H groups in total. The minimum atomic E-state index is -0.780. The Bertz CT molecular complexity index is 414. The molecule has 0 aliphatic rings. The van der Waals surface area contributed by atoms with E-state index in [2.05, 4.69) is 26.1 Å². The number of rotatable bonds is 8. The van der Waals surface area contributed by atoms with Crippen LogP contribution in [0.15, 0.2) is 24.3 Å². The molecule has 0 saturated heterocycles. The Labute approximate surface area is 122 Å². The number of aliphatic carboxylic acids is 1. The molecule has 0 bridgehead atoms. The van der Waals surface area contributed by atoms with E-state index in [0.717, 1.165) is 18.0 Å². The second-order valence-electron chi connectivity index (χ2n) is 5.83. The van der Waals surface area contributed by atoms with Crippen molar-refractivity contribution in [3.8, 4) is 0 Å². The maximum Gasteiger partial charge on any atom is 0.310 e. The summed E-state index contributed by atoms with van der Waals surface area (Å²) in [5.74, 6) is -0.476. The molecule has 112 valence electrons. The number of hydrogen-bond acceptors (Lipinski definition) is 2. The van der Waals surface area contributed by atoms with Gasteiger partial charge in [-0.25, -0.2) is 0 Å². The third kappa shape index (κ3) is 5.33. The molecular weight excluding hydrogens is 250 g/mol. The minimum absolute atomic E-state index is 0.443. The molecule has 3 atom stereocenters. The number of benzene rings is 1. The highest BCUT2D eigenvalue weighted by molar-refractivity contribution is 5.75. The van der Waals surface area contributed by atoms with Crippen molar-refractivity contribution in [1.29, 1.82) is 0 Å². The maximum absolute atomic E-state index is 10.9. The quantitative estimate of drug-likeness (QED) is 0.760. The number of hydrogen-bond donors (Lipinski definition) is 2. The van der Waals surface area contributed by atoms with E-state index in [0.29, 0.717) is 6.04 Å². The molecule has 0 aromatic heterocycles. The third-order valence-electron chi connectivity index (χ3n) is 3.96. The van der Waals surface area contributed by atoms with Gasteiger partial charge in [-0.3, -0.25) is 4.79 Å². The summed E-state index contributed by atoms with van der Waals surface area (Å²) in [6.45, 7) is 9.26. The van der Waals surface area contributed by atoms with Gasteiger partial charge in [0.15, 0.2) is 0 Å². The van der Waals surface area contributed by atoms with Gasteiger partial charge in [-0.2, -0.15) is 0 Å². The van der Waals surface area contributed by atoms with Gasteiger partial charge < -0.3 is 10.4 Å². The fourth-order valence-corrected chi connectivity index (χ4v) is 2.21. The van der Waals surface area contributed by atoms with Crippen LogP contribution in [0.25, 0.3) is 0 Å². The first kappa shape index (κ1) is 16.7. The molecule has 0 aliphatic carbocycles. The van der Waals surface area contributed by atoms with Crippen LogP contribution in [-0.2, 0) is 11.3 Å². The molecule has 0 amide bonds. The van der Waals surface area contributed by atoms with Gasteiger partial charge in [-0.1, -0.05) is 44.5 Å². The molecule has 0 aliphatic heterocycles. The molecule has 0 spiro atoms. The van der Waals surface area contributed by atoms with E-state index < -0.39 is 11.9 Å². The largest absolute Gasteiger partial charge is 0.481 e. The highest BCUT2D eigenvalue weighted by atomic mass is 16.4. The predicted molar refractivity (Wildman–Crippen MR) is 82.9 cm³/mol. The van der Waals surface area contributed by atoms with Crippen LogP contribution in [0.2, 0.25) is 0 Å². The Kier molecular flexibility index (Phi) is 6.73. The lowest BCUT2D eigenvalue weighted by Gasteiger charge is -2.17. The fraction of sp³-hybridized carbons (Fsp3) is 0.588. The zero-order valence-corrected chi connectivity index (χ0v) is 13.0. The van der Waals surface area contributed by atoms with Crippen LogP contribution in [0, 0.1) is 5.92 Å². The van der Waals surface area contributed by atoms with Crippen molar-refractivity contribution < 1.29 is 9.90 Å². The standard InChI is InChI=1S/C17H27NO2/c1-5-12(2)10-13(3)18-11-15-6-8-16(9-7-15)14(4)17(19)20/h6-9,12-14,18H,5,10-11H2,1-4H3,(H,19,20). The Hall–Kier alpha value is -1.35. The summed E-state index contributed by atoms with van der Waals surface area (Å²) in [5.41, 5.74) is 2.05. The Morgan fingerprint density at radius 2 is 1.80 bits per heavy atom. The lowest BCUT2D eigenvalue weighted by atomic mass is 9.99. The molecule has 0 heterocycles. The van der Waals surface area contributed by atoms with Gasteiger partial charge >= 0.3 is 5.97 Å². The van der Waals surface area contributed by atoms with E-state index in [9.17, 15) is 4.79 Å². The van der Waals surface area contributed by atoms with E-state index in [1.54, 1.807) is 6.92 Å². The van der Waals surface area contributed by atoms with Gasteiger partial charge in [-0.05, 0) is 37.3 Å². The first-order chi connectivity index (χ1) is 9.43. The molecule has 1 rings (SSSR count). The van der Waals surface area contributed by atoms with Gasteiger partial charge in [0, 0.05) is 12.6 Å². The summed E-state index contributed by atoms with van der Waals surface area (Å²) < 4.78 is 0. The Morgan fingerprint density at radius 3 is 2.30 bits per heavy atom. The van der Waals surface area contributed by atoms with Gasteiger partial charge in [0.1, 0.15) is 0 Å². The first-order valence-corrected chi connectivity index (χ1v) is 7.49. The molecule has 1 aromatic rings. The monoisotopic (exact) mass is 277 g/mol. The highest BCUT2D eigenvalue weighted by Gasteiger charge is 2.13. The summed E-state index contributed by atoms with van der Waals surface area (Å²) in [7, 11) is 0. The van der Waals surface area contributed by atoms with Crippen molar-refractivity contribution in [3.05, 3.63) is 35.4 Å². The zero-order valence-electron chi connectivity index (χ0n) is 13.0. The van der Waals surface area contributed by atoms with Crippen molar-refractivity contribution in [2.75, 3.05) is 0 Å². The van der Waals surface area contributed by atoms with Gasteiger partial charge in [-0.15, -0.1) is 0 Å². The minimum Gasteiger partial charge on any atom is -0.481 e. The van der Waals surface area contributed by atoms with E-state index in [1.165, 1.54) is 18.4 Å². The van der Waals surface area contributed by atoms with Crippen molar-refractivity contribution in [2.24, 2.45) is 5.92 Å². The lowest BCUT2D eigenvalue weighted by Crippen LogP contribution is -2.27. The molecule has 3 heteroatoms. The topological polar surface area (TPSA) is 49.3 Å². The average Bonchev–Trinajstić information content (AvgIpc) is 2.44. The number of nitrogens with one attached hydrogen (secondary N) is 1. The van der Waals surface area contributed by atoms with Gasteiger partial charge in [0.2, 0.25) is 0 Å². The van der Waals surface area contributed by atoms with Crippen LogP contribution in [0.4, 0.5) is 0 Å². The van der Waals surface area contributed by atoms with Gasteiger partial charge in [0.25, 0.3) is 0 Å². The molecule has 0 radical (unpaired) electrons. The van der Waals surface area contributed by atoms with Crippen molar-refractivity contribution >= 4 is 5.97 Å². The van der Waals surface area contributed by atoms with E-state index >= 15 is 0 Å². The Balaban J connectivity index is 2.47. The van der Waals surface area contributed by atoms with Gasteiger partial charge in [0.05, 0.1) is 5.92 Å². The van der Waals surface area contributed by atoms with Crippen molar-refractivity contribution in [3.63, 3.8) is 0 Å². The maximum atomic E-state index is 10.9. The summed E-state index contributed by atoms with van der Waals surface area (Å²) >= 11 is 0. The second-order valence-corrected chi connectivity index (χ2v) is 5.83. The summed E-state index contributed by atoms with van der Waals surface area (Å²) in [4.78, 5) is 10.9. The van der Waals surface area contributed by atoms with Crippen LogP contribution < -0.4 is 5.32 Å². The van der Waals surface area contributed by atoms with Crippen molar-refractivity contribution in [1.82, 2.24) is 5.32 Å². The molecular formula is C17H27NO2. The van der Waals surface area contributed by atoms with E-state index in [1.807, 2.05) is 24.3 Å². The number of carboxylic acids is 1. The SMILES string of the molecule is CCC(C)CC(C)NCc1ccc(C(C)C(=O)O)cc1. The van der Waals surface area contributed by atoms with Crippen LogP contribution >= 0.6 is 0 Å². The fourth-order valence-electron chi connectivity index (χ4n) is 2.21. The number of carboxylic acid groups (broad SMARTS) is 1. The zero-order chi connectivity index (χ0) is 15.1. The molecule has 0 fully saturated rings. The summed E-state index contributed by atoms with van der Waals surface area (Å²) in [6.07, 6.45) is 2.40. The number of carbonyl (C=O) groups is 1. The van der Waals surface area contributed by atoms with Crippen LogP contribution in [0.1, 0.15) is 57.6 Å². The molecule has 0 saturated carbocycles. The average molecular weight is 277 g/mol. The lowest BCUT2D eigenvalue weighted by molar-refractivity contribution is -0.138. The van der Waals surface area contributed by atoms with E-state index in [-0.39, 0.29) is 0 Å². The molecule has 1 aromatic carbocycles. The first-order valence-electron chi connectivity index (χ1n) is 7.49. The summed E-state index contributed by atoms with van der Waals surface area (Å²) in [6, 6.07) is 8.35. The molecule has 3 nitrogen and oxygen atoms in total. The Morgan fingerprint density at radius 1 is 1.20 bits per heavy atom. The highest BCUT2D eigenvalue weighted by Crippen LogP contribution is 2.16. The van der Waals surface area contributed by atoms with E-state index in [4.69, 9.17) is 5.11 Å². The predicted octanol–water partition coefficient (Wildman–Crippen LogP) is 3.79. The van der Waals surface area contributed by atoms with Crippen LogP contribution in [0.5, 0.6) is 0 Å². The van der Waals surface area contributed by atoms with Crippen LogP contribution in [-0.4, -0.2) is 17.1 Å². The smallest absolute Gasteiger partial charge is 0.310 e. The van der Waals surface area contributed by atoms with Crippen molar-refractivity contribution in [2.45, 2.75) is 59.0 Å². The normalized spacial score (nSPS) is 15.6. The third-order valence-corrected chi connectivity index (χ3v) is 3.96. The summed E-state index contributed by atoms with van der Waals surface area (Å²) in [5, 5.41) is 12.5. The molecule has 20 heavy (non-hydrogen) atoms. The second kappa shape index (κ2) is 8.05. The van der Waals surface area contributed by atoms with Crippen LogP contribution in [0.3, 0.4) is 0 Å².